The van der Waals surface area contributed by atoms with E-state index in [1.165, 1.54) is 0 Å². The zero-order valence-electron chi connectivity index (χ0n) is 19.3. The number of nitrogens with zero attached hydrogens (tertiary/aromatic N) is 2. The van der Waals surface area contributed by atoms with Gasteiger partial charge >= 0.3 is 13.2 Å². The van der Waals surface area contributed by atoms with Crippen LogP contribution in [0.3, 0.4) is 0 Å². The molecule has 7 nitrogen and oxygen atoms in total. The lowest BCUT2D eigenvalue weighted by Crippen LogP contribution is -2.42. The highest BCUT2D eigenvalue weighted by atomic mass is 16.7. The van der Waals surface area contributed by atoms with Crippen molar-refractivity contribution in [3.05, 3.63) is 18.3 Å². The van der Waals surface area contributed by atoms with Gasteiger partial charge in [0.1, 0.15) is 6.10 Å². The zero-order valence-corrected chi connectivity index (χ0v) is 19.3. The maximum atomic E-state index is 12.0. The Kier molecular flexibility index (Phi) is 6.67. The minimum Gasteiger partial charge on any atom is -0.474 e. The lowest BCUT2D eigenvalue weighted by Gasteiger charge is -2.34. The molecule has 2 fully saturated rings. The largest absolute Gasteiger partial charge is 0.496 e. The Balaban J connectivity index is 1.51. The monoisotopic (exact) mass is 418 g/mol. The van der Waals surface area contributed by atoms with Crippen LogP contribution in [0.2, 0.25) is 0 Å². The van der Waals surface area contributed by atoms with E-state index >= 15 is 0 Å². The van der Waals surface area contributed by atoms with Crippen molar-refractivity contribution in [1.29, 1.82) is 0 Å². The van der Waals surface area contributed by atoms with Crippen molar-refractivity contribution in [3.8, 4) is 5.88 Å². The van der Waals surface area contributed by atoms with E-state index in [1.807, 2.05) is 53.7 Å². The number of carbonyl (C=O) groups is 1. The summed E-state index contributed by atoms with van der Waals surface area (Å²) in [5.74, 6) is 0.960. The van der Waals surface area contributed by atoms with Gasteiger partial charge in [0.15, 0.2) is 0 Å². The van der Waals surface area contributed by atoms with Gasteiger partial charge in [-0.1, -0.05) is 6.07 Å². The lowest BCUT2D eigenvalue weighted by atomic mass is 9.80. The summed E-state index contributed by atoms with van der Waals surface area (Å²) in [5.41, 5.74) is 0.126. The van der Waals surface area contributed by atoms with Gasteiger partial charge in [-0.25, -0.2) is 9.78 Å². The van der Waals surface area contributed by atoms with Crippen LogP contribution in [0.1, 0.15) is 61.3 Å². The minimum atomic E-state index is -0.427. The second kappa shape index (κ2) is 8.75. The molecule has 0 radical (unpaired) electrons. The molecular weight excluding hydrogens is 383 g/mol. The van der Waals surface area contributed by atoms with Crippen LogP contribution in [0.25, 0.3) is 0 Å². The van der Waals surface area contributed by atoms with Gasteiger partial charge in [0.25, 0.3) is 0 Å². The van der Waals surface area contributed by atoms with Gasteiger partial charge in [0.2, 0.25) is 5.88 Å². The molecule has 1 atom stereocenters. The average Bonchev–Trinajstić information content (AvgIpc) is 2.89. The number of carbonyl (C=O) groups excluding carboxylic acids is 1. The van der Waals surface area contributed by atoms with Gasteiger partial charge < -0.3 is 23.7 Å². The molecule has 1 amide bonds. The number of piperidine rings is 1. The first-order valence-electron chi connectivity index (χ1n) is 10.9. The van der Waals surface area contributed by atoms with Gasteiger partial charge in [-0.2, -0.15) is 0 Å². The molecule has 0 N–H and O–H groups in total. The second-order valence-corrected chi connectivity index (χ2v) is 9.60. The lowest BCUT2D eigenvalue weighted by molar-refractivity contribution is 0.00578. The van der Waals surface area contributed by atoms with Gasteiger partial charge in [-0.05, 0) is 73.3 Å². The topological polar surface area (TPSA) is 70.1 Å². The van der Waals surface area contributed by atoms with E-state index in [2.05, 4.69) is 11.9 Å². The molecule has 2 saturated heterocycles. The van der Waals surface area contributed by atoms with Gasteiger partial charge in [-0.3, -0.25) is 0 Å². The summed E-state index contributed by atoms with van der Waals surface area (Å²) in [4.78, 5) is 18.3. The normalized spacial score (nSPS) is 22.3. The third-order valence-electron chi connectivity index (χ3n) is 6.39. The van der Waals surface area contributed by atoms with Crippen molar-refractivity contribution in [2.75, 3.05) is 13.1 Å². The van der Waals surface area contributed by atoms with Gasteiger partial charge in [0.05, 0.1) is 17.3 Å². The van der Waals surface area contributed by atoms with E-state index in [0.29, 0.717) is 24.9 Å². The molecular formula is C22H35BN2O5. The molecule has 3 rings (SSSR count). The van der Waals surface area contributed by atoms with E-state index in [4.69, 9.17) is 18.8 Å². The predicted molar refractivity (Wildman–Crippen MR) is 116 cm³/mol. The van der Waals surface area contributed by atoms with E-state index in [-0.39, 0.29) is 29.5 Å². The Morgan fingerprint density at radius 3 is 2.23 bits per heavy atom. The van der Waals surface area contributed by atoms with Crippen molar-refractivity contribution >= 4 is 18.7 Å². The van der Waals surface area contributed by atoms with Crippen molar-refractivity contribution in [1.82, 2.24) is 9.88 Å². The Bertz CT molecular complexity index is 714. The number of rotatable bonds is 5. The molecule has 2 aliphatic rings. The fraction of sp³-hybridized carbons (Fsp3) is 0.727. The maximum Gasteiger partial charge on any atom is 0.496 e. The number of ether oxygens (including phenoxy) is 2. The fourth-order valence-corrected chi connectivity index (χ4v) is 3.69. The highest BCUT2D eigenvalue weighted by Gasteiger charge is 2.51. The van der Waals surface area contributed by atoms with Crippen LogP contribution in [0, 0.1) is 5.92 Å². The molecule has 8 heteroatoms. The van der Waals surface area contributed by atoms with E-state index in [0.717, 1.165) is 18.3 Å². The number of hydrogen-bond donors (Lipinski definition) is 0. The molecule has 30 heavy (non-hydrogen) atoms. The fourth-order valence-electron chi connectivity index (χ4n) is 3.69. The van der Waals surface area contributed by atoms with Crippen LogP contribution < -0.4 is 10.2 Å². The molecule has 1 aromatic heterocycles. The van der Waals surface area contributed by atoms with Crippen LogP contribution in [-0.4, -0.2) is 59.6 Å². The highest BCUT2D eigenvalue weighted by molar-refractivity contribution is 6.62. The molecule has 3 heterocycles. The van der Waals surface area contributed by atoms with Crippen LogP contribution in [0.4, 0.5) is 4.79 Å². The highest BCUT2D eigenvalue weighted by Crippen LogP contribution is 2.36. The smallest absolute Gasteiger partial charge is 0.474 e. The summed E-state index contributed by atoms with van der Waals surface area (Å²) in [6.45, 7) is 15.3. The molecule has 2 aliphatic heterocycles. The first-order valence-corrected chi connectivity index (χ1v) is 10.9. The summed E-state index contributed by atoms with van der Waals surface area (Å²) < 4.78 is 23.5. The summed E-state index contributed by atoms with van der Waals surface area (Å²) >= 11 is 0. The third kappa shape index (κ3) is 5.09. The third-order valence-corrected chi connectivity index (χ3v) is 6.39. The number of amides is 1. The van der Waals surface area contributed by atoms with Crippen LogP contribution in [0.15, 0.2) is 18.3 Å². The molecule has 1 unspecified atom stereocenters. The molecule has 0 saturated carbocycles. The maximum absolute atomic E-state index is 12.0. The quantitative estimate of drug-likeness (QED) is 0.683. The van der Waals surface area contributed by atoms with Crippen LogP contribution >= 0.6 is 0 Å². The van der Waals surface area contributed by atoms with E-state index in [1.54, 1.807) is 11.1 Å². The van der Waals surface area contributed by atoms with Crippen molar-refractivity contribution < 1.29 is 23.6 Å². The van der Waals surface area contributed by atoms with Crippen molar-refractivity contribution in [2.45, 2.75) is 84.7 Å². The molecule has 0 aliphatic carbocycles. The standard InChI is InChI=1S/C22H35BN2O5/c1-15(2)27-20(26)25-12-10-17(11-13-25)16(3)28-19-9-8-18(14-24-19)23-29-21(4,5)22(6,7)30-23/h8-9,14-17H,10-13H2,1-7H3. The number of likely N-dealkylation sites (tertiary alicyclic amines) is 1. The summed E-state index contributed by atoms with van der Waals surface area (Å²) in [6, 6.07) is 3.81. The zero-order chi connectivity index (χ0) is 22.1. The Hall–Kier alpha value is -1.80. The number of pyridine rings is 1. The summed E-state index contributed by atoms with van der Waals surface area (Å²) in [6.07, 6.45) is 3.24. The van der Waals surface area contributed by atoms with Crippen molar-refractivity contribution in [3.63, 3.8) is 0 Å². The molecule has 0 spiro atoms. The molecule has 1 aromatic rings. The van der Waals surface area contributed by atoms with E-state index < -0.39 is 7.12 Å². The average molecular weight is 418 g/mol. The number of hydrogen-bond acceptors (Lipinski definition) is 6. The molecule has 0 bridgehead atoms. The van der Waals surface area contributed by atoms with Crippen molar-refractivity contribution in [2.24, 2.45) is 5.92 Å². The molecule has 0 aromatic carbocycles. The minimum absolute atomic E-state index is 0.0171. The van der Waals surface area contributed by atoms with Crippen LogP contribution in [0.5, 0.6) is 5.88 Å². The Labute approximate surface area is 180 Å². The van der Waals surface area contributed by atoms with Gasteiger partial charge in [0, 0.05) is 24.7 Å². The Morgan fingerprint density at radius 1 is 1.13 bits per heavy atom. The summed E-state index contributed by atoms with van der Waals surface area (Å²) in [5, 5.41) is 0. The second-order valence-electron chi connectivity index (χ2n) is 9.60. The SMILES string of the molecule is CC(C)OC(=O)N1CCC(C(C)Oc2ccc(B3OC(C)(C)C(C)(C)O3)cn2)CC1. The first kappa shape index (κ1) is 22.9. The summed E-state index contributed by atoms with van der Waals surface area (Å²) in [7, 11) is -0.427. The van der Waals surface area contributed by atoms with E-state index in [9.17, 15) is 4.79 Å². The van der Waals surface area contributed by atoms with Gasteiger partial charge in [-0.15, -0.1) is 0 Å². The first-order chi connectivity index (χ1) is 14.0. The Morgan fingerprint density at radius 2 is 1.73 bits per heavy atom. The van der Waals surface area contributed by atoms with Crippen LogP contribution in [-0.2, 0) is 14.0 Å². The molecule has 166 valence electrons. The predicted octanol–water partition coefficient (Wildman–Crippen LogP) is 3.41. The number of aromatic nitrogens is 1.